The van der Waals surface area contributed by atoms with Crippen LogP contribution in [0.1, 0.15) is 33.6 Å². The summed E-state index contributed by atoms with van der Waals surface area (Å²) < 4.78 is 5.43. The van der Waals surface area contributed by atoms with E-state index in [1.807, 2.05) is 30.3 Å². The monoisotopic (exact) mass is 415 g/mol. The van der Waals surface area contributed by atoms with Crippen molar-refractivity contribution >= 4 is 39.9 Å². The fraction of sp³-hybridized carbons (Fsp3) is 0.208. The molecule has 7 nitrogen and oxygen atoms in total. The Kier molecular flexibility index (Phi) is 4.58. The Bertz CT molecular complexity index is 1240. The third-order valence-corrected chi connectivity index (χ3v) is 5.89. The topological polar surface area (TPSA) is 87.7 Å². The van der Waals surface area contributed by atoms with Crippen molar-refractivity contribution in [2.45, 2.75) is 18.9 Å². The van der Waals surface area contributed by atoms with Crippen molar-refractivity contribution in [2.24, 2.45) is 0 Å². The molecule has 2 heterocycles. The molecule has 2 N–H and O–H groups in total. The minimum Gasteiger partial charge on any atom is -0.496 e. The molecule has 1 atom stereocenters. The first-order chi connectivity index (χ1) is 15.0. The van der Waals surface area contributed by atoms with E-state index >= 15 is 0 Å². The summed E-state index contributed by atoms with van der Waals surface area (Å²) in [5.41, 5.74) is 1.71. The van der Waals surface area contributed by atoms with Gasteiger partial charge in [-0.25, -0.2) is 0 Å². The highest BCUT2D eigenvalue weighted by Crippen LogP contribution is 2.31. The number of carbonyl (C=O) groups excluding carboxylic acids is 3. The molecule has 3 aromatic rings. The molecule has 5 rings (SSSR count). The number of anilines is 2. The predicted molar refractivity (Wildman–Crippen MR) is 118 cm³/mol. The normalized spacial score (nSPS) is 17.6. The summed E-state index contributed by atoms with van der Waals surface area (Å²) in [5.74, 6) is -0.238. The molecule has 2 aliphatic heterocycles. The Morgan fingerprint density at radius 2 is 1.87 bits per heavy atom. The molecular weight excluding hydrogens is 394 g/mol. The van der Waals surface area contributed by atoms with Gasteiger partial charge in [0.2, 0.25) is 5.91 Å². The van der Waals surface area contributed by atoms with Crippen LogP contribution in [0.3, 0.4) is 0 Å². The maximum atomic E-state index is 13.0. The molecule has 156 valence electrons. The van der Waals surface area contributed by atoms with Crippen molar-refractivity contribution in [3.63, 3.8) is 0 Å². The second-order valence-corrected chi connectivity index (χ2v) is 7.76. The number of rotatable bonds is 3. The Labute approximate surface area is 179 Å². The van der Waals surface area contributed by atoms with Gasteiger partial charge in [-0.1, -0.05) is 24.3 Å². The van der Waals surface area contributed by atoms with Crippen molar-refractivity contribution < 1.29 is 19.1 Å². The minimum atomic E-state index is -0.431. The molecule has 3 aromatic carbocycles. The number of hydrogen-bond acceptors (Lipinski definition) is 4. The van der Waals surface area contributed by atoms with Crippen LogP contribution in [0.15, 0.2) is 54.6 Å². The third kappa shape index (κ3) is 3.28. The van der Waals surface area contributed by atoms with E-state index in [9.17, 15) is 14.4 Å². The number of methoxy groups -OCH3 is 1. The van der Waals surface area contributed by atoms with Gasteiger partial charge in [0.05, 0.1) is 23.9 Å². The van der Waals surface area contributed by atoms with E-state index in [1.165, 1.54) is 7.11 Å². The summed E-state index contributed by atoms with van der Waals surface area (Å²) in [6.07, 6.45) is 1.47. The highest BCUT2D eigenvalue weighted by Gasteiger charge is 2.38. The Balaban J connectivity index is 1.47. The molecule has 7 heteroatoms. The van der Waals surface area contributed by atoms with Crippen LogP contribution >= 0.6 is 0 Å². The summed E-state index contributed by atoms with van der Waals surface area (Å²) >= 11 is 0. The number of nitrogens with zero attached hydrogens (tertiary/aromatic N) is 1. The van der Waals surface area contributed by atoms with Crippen LogP contribution in [0.5, 0.6) is 5.75 Å². The van der Waals surface area contributed by atoms with Gasteiger partial charge in [-0.15, -0.1) is 0 Å². The third-order valence-electron chi connectivity index (χ3n) is 5.89. The first kappa shape index (κ1) is 19.1. The zero-order valence-electron chi connectivity index (χ0n) is 17.0. The van der Waals surface area contributed by atoms with Gasteiger partial charge in [0, 0.05) is 12.2 Å². The number of amides is 3. The van der Waals surface area contributed by atoms with Crippen LogP contribution < -0.4 is 15.4 Å². The lowest BCUT2D eigenvalue weighted by atomic mass is 10.0. The molecule has 0 aromatic heterocycles. The first-order valence-corrected chi connectivity index (χ1v) is 10.2. The maximum Gasteiger partial charge on any atom is 0.259 e. The molecule has 0 radical (unpaired) electrons. The van der Waals surface area contributed by atoms with E-state index < -0.39 is 6.04 Å². The van der Waals surface area contributed by atoms with Crippen molar-refractivity contribution in [3.05, 3.63) is 65.7 Å². The largest absolute Gasteiger partial charge is 0.496 e. The van der Waals surface area contributed by atoms with Gasteiger partial charge in [-0.2, -0.15) is 0 Å². The zero-order valence-corrected chi connectivity index (χ0v) is 17.0. The molecule has 0 spiro atoms. The lowest BCUT2D eigenvalue weighted by Crippen LogP contribution is -2.40. The molecule has 0 saturated carbocycles. The van der Waals surface area contributed by atoms with Crippen LogP contribution in [0.4, 0.5) is 11.4 Å². The molecule has 0 aliphatic carbocycles. The van der Waals surface area contributed by atoms with E-state index in [-0.39, 0.29) is 17.7 Å². The molecule has 2 aliphatic rings. The standard InChI is InChI=1S/C24H21N3O4/c1-31-21-12-15-6-3-2-5-14(15)11-18(21)22(28)25-16-8-9-19-17(13-16)24(30)27-10-4-7-20(27)23(29)26-19/h2-3,5-6,8-9,11-13,20H,4,7,10H2,1H3,(H,25,28)(H,26,29)/t20-/m1/s1. The summed E-state index contributed by atoms with van der Waals surface area (Å²) in [7, 11) is 1.52. The summed E-state index contributed by atoms with van der Waals surface area (Å²) in [5, 5.41) is 7.60. The van der Waals surface area contributed by atoms with E-state index in [0.717, 1.165) is 17.2 Å². The lowest BCUT2D eigenvalue weighted by molar-refractivity contribution is -0.119. The molecule has 1 fully saturated rings. The van der Waals surface area contributed by atoms with Gasteiger partial charge < -0.3 is 20.3 Å². The molecule has 1 saturated heterocycles. The van der Waals surface area contributed by atoms with Gasteiger partial charge in [0.1, 0.15) is 11.8 Å². The SMILES string of the molecule is COc1cc2ccccc2cc1C(=O)Nc1ccc2c(c1)C(=O)N1CCC[C@@H]1C(=O)N2. The van der Waals surface area contributed by atoms with Crippen molar-refractivity contribution in [2.75, 3.05) is 24.3 Å². The van der Waals surface area contributed by atoms with Crippen LogP contribution in [-0.4, -0.2) is 42.3 Å². The maximum absolute atomic E-state index is 13.0. The lowest BCUT2D eigenvalue weighted by Gasteiger charge is -2.20. The summed E-state index contributed by atoms with van der Waals surface area (Å²) in [6, 6.07) is 15.9. The second kappa shape index (κ2) is 7.43. The summed E-state index contributed by atoms with van der Waals surface area (Å²) in [4.78, 5) is 40.1. The molecule has 0 bridgehead atoms. The molecule has 3 amide bonds. The highest BCUT2D eigenvalue weighted by atomic mass is 16.5. The number of fused-ring (bicyclic) bond motifs is 3. The van der Waals surface area contributed by atoms with E-state index in [2.05, 4.69) is 10.6 Å². The number of benzene rings is 3. The average Bonchev–Trinajstić information content (AvgIpc) is 3.25. The highest BCUT2D eigenvalue weighted by molar-refractivity contribution is 6.12. The van der Waals surface area contributed by atoms with E-state index in [4.69, 9.17) is 4.74 Å². The van der Waals surface area contributed by atoms with Crippen LogP contribution in [0.2, 0.25) is 0 Å². The van der Waals surface area contributed by atoms with E-state index in [1.54, 1.807) is 29.2 Å². The zero-order chi connectivity index (χ0) is 21.5. The smallest absolute Gasteiger partial charge is 0.259 e. The molecule has 31 heavy (non-hydrogen) atoms. The minimum absolute atomic E-state index is 0.165. The van der Waals surface area contributed by atoms with Gasteiger partial charge in [-0.05, 0) is 53.9 Å². The quantitative estimate of drug-likeness (QED) is 0.683. The van der Waals surface area contributed by atoms with Crippen molar-refractivity contribution in [3.8, 4) is 5.75 Å². The van der Waals surface area contributed by atoms with Crippen LogP contribution in [0, 0.1) is 0 Å². The fourth-order valence-electron chi connectivity index (χ4n) is 4.33. The van der Waals surface area contributed by atoms with Gasteiger partial charge >= 0.3 is 0 Å². The Morgan fingerprint density at radius 1 is 1.10 bits per heavy atom. The van der Waals surface area contributed by atoms with Gasteiger partial charge in [-0.3, -0.25) is 14.4 Å². The van der Waals surface area contributed by atoms with Crippen molar-refractivity contribution in [1.82, 2.24) is 4.90 Å². The van der Waals surface area contributed by atoms with E-state index in [0.29, 0.717) is 41.2 Å². The Morgan fingerprint density at radius 3 is 2.65 bits per heavy atom. The number of nitrogens with one attached hydrogen (secondary N) is 2. The number of ether oxygens (including phenoxy) is 1. The first-order valence-electron chi connectivity index (χ1n) is 10.2. The number of hydrogen-bond donors (Lipinski definition) is 2. The Hall–Kier alpha value is -3.87. The van der Waals surface area contributed by atoms with Crippen LogP contribution in [0.25, 0.3) is 10.8 Å². The van der Waals surface area contributed by atoms with Gasteiger partial charge in [0.15, 0.2) is 0 Å². The average molecular weight is 415 g/mol. The summed E-state index contributed by atoms with van der Waals surface area (Å²) in [6.45, 7) is 0.557. The molecule has 0 unspecified atom stereocenters. The predicted octanol–water partition coefficient (Wildman–Crippen LogP) is 3.66. The fourth-order valence-corrected chi connectivity index (χ4v) is 4.33. The van der Waals surface area contributed by atoms with Gasteiger partial charge in [0.25, 0.3) is 11.8 Å². The van der Waals surface area contributed by atoms with Crippen LogP contribution in [-0.2, 0) is 4.79 Å². The second-order valence-electron chi connectivity index (χ2n) is 7.76. The number of carbonyl (C=O) groups is 3. The molecular formula is C24H21N3O4. The van der Waals surface area contributed by atoms with Crippen molar-refractivity contribution in [1.29, 1.82) is 0 Å².